The molecule has 32 heavy (non-hydrogen) atoms. The third-order valence-corrected chi connectivity index (χ3v) is 6.05. The number of primary amides is 1. The van der Waals surface area contributed by atoms with Crippen molar-refractivity contribution in [3.05, 3.63) is 35.4 Å². The number of rotatable bonds is 13. The Kier molecular flexibility index (Phi) is 10.3. The molecule has 0 aromatic heterocycles. The Morgan fingerprint density at radius 1 is 1.06 bits per heavy atom. The van der Waals surface area contributed by atoms with Gasteiger partial charge in [-0.15, -0.1) is 0 Å². The van der Waals surface area contributed by atoms with E-state index in [4.69, 9.17) is 16.9 Å². The van der Waals surface area contributed by atoms with Crippen LogP contribution in [0, 0.1) is 11.3 Å². The molecule has 1 rings (SSSR count). The highest BCUT2D eigenvalue weighted by Gasteiger charge is 2.30. The maximum atomic E-state index is 12.7. The lowest BCUT2D eigenvalue weighted by Gasteiger charge is -2.25. The van der Waals surface area contributed by atoms with Crippen LogP contribution in [0.3, 0.4) is 0 Å². The molecule has 0 heterocycles. The molecule has 0 bridgehead atoms. The summed E-state index contributed by atoms with van der Waals surface area (Å²) in [7, 11) is -3.66. The molecule has 12 heteroatoms. The summed E-state index contributed by atoms with van der Waals surface area (Å²) in [4.78, 5) is 36.7. The second-order valence-electron chi connectivity index (χ2n) is 7.64. The molecule has 0 saturated carbocycles. The SMILES string of the molecule is CCS(=O)(=O)N[C@@H](C(=O)N[C@@H](CCC(N)=O)C(=O)NCc1ccc(C(=N)N)cc1)C(C)C. The topological polar surface area (TPSA) is 197 Å². The molecule has 0 saturated heterocycles. The van der Waals surface area contributed by atoms with Crippen molar-refractivity contribution in [2.24, 2.45) is 17.4 Å². The summed E-state index contributed by atoms with van der Waals surface area (Å²) >= 11 is 0. The zero-order chi connectivity index (χ0) is 24.5. The number of nitrogens with two attached hydrogens (primary N) is 2. The van der Waals surface area contributed by atoms with E-state index in [0.29, 0.717) is 5.56 Å². The Balaban J connectivity index is 2.90. The van der Waals surface area contributed by atoms with Gasteiger partial charge in [0.1, 0.15) is 17.9 Å². The standard InChI is InChI=1S/C20H32N6O5S/c1-4-32(30,31)26-17(12(2)3)20(29)25-15(9-10-16(21)27)19(28)24-11-13-5-7-14(8-6-13)18(22)23/h5-8,12,15,17,26H,4,9-11H2,1-3H3,(H2,21,27)(H3,22,23)(H,24,28)(H,25,29)/t15-,17+/m0/s1. The predicted molar refractivity (Wildman–Crippen MR) is 121 cm³/mol. The lowest BCUT2D eigenvalue weighted by molar-refractivity contribution is -0.131. The highest BCUT2D eigenvalue weighted by Crippen LogP contribution is 2.08. The smallest absolute Gasteiger partial charge is 0.242 e. The van der Waals surface area contributed by atoms with Crippen LogP contribution in [0.2, 0.25) is 0 Å². The largest absolute Gasteiger partial charge is 0.384 e. The molecular weight excluding hydrogens is 436 g/mol. The summed E-state index contributed by atoms with van der Waals surface area (Å²) in [6.45, 7) is 4.93. The quantitative estimate of drug-likeness (QED) is 0.163. The van der Waals surface area contributed by atoms with Crippen LogP contribution in [0.25, 0.3) is 0 Å². The number of sulfonamides is 1. The van der Waals surface area contributed by atoms with Crippen molar-refractivity contribution >= 4 is 33.6 Å². The van der Waals surface area contributed by atoms with Gasteiger partial charge < -0.3 is 22.1 Å². The fourth-order valence-electron chi connectivity index (χ4n) is 2.70. The first-order valence-corrected chi connectivity index (χ1v) is 11.8. The Bertz CT molecular complexity index is 930. The molecule has 0 aliphatic carbocycles. The van der Waals surface area contributed by atoms with Crippen molar-refractivity contribution in [2.75, 3.05) is 5.75 Å². The van der Waals surface area contributed by atoms with Crippen LogP contribution in [0.15, 0.2) is 24.3 Å². The normalized spacial score (nSPS) is 13.2. The zero-order valence-corrected chi connectivity index (χ0v) is 19.3. The van der Waals surface area contributed by atoms with Gasteiger partial charge in [0, 0.05) is 18.5 Å². The van der Waals surface area contributed by atoms with Gasteiger partial charge in [0.15, 0.2) is 0 Å². The van der Waals surface area contributed by atoms with E-state index in [0.717, 1.165) is 5.56 Å². The van der Waals surface area contributed by atoms with E-state index in [1.807, 2.05) is 0 Å². The molecule has 0 radical (unpaired) electrons. The number of nitrogens with one attached hydrogen (secondary N) is 4. The first-order valence-electron chi connectivity index (χ1n) is 10.2. The summed E-state index contributed by atoms with van der Waals surface area (Å²) in [5.74, 6) is -2.51. The first kappa shape index (κ1) is 27.0. The lowest BCUT2D eigenvalue weighted by Crippen LogP contribution is -2.55. The average molecular weight is 469 g/mol. The van der Waals surface area contributed by atoms with Crippen molar-refractivity contribution in [3.63, 3.8) is 0 Å². The Hall–Kier alpha value is -2.99. The van der Waals surface area contributed by atoms with Crippen LogP contribution in [-0.2, 0) is 31.0 Å². The van der Waals surface area contributed by atoms with E-state index >= 15 is 0 Å². The van der Waals surface area contributed by atoms with E-state index in [-0.39, 0.29) is 36.9 Å². The van der Waals surface area contributed by atoms with Gasteiger partial charge in [0.2, 0.25) is 27.7 Å². The van der Waals surface area contributed by atoms with Crippen LogP contribution in [0.4, 0.5) is 0 Å². The molecule has 11 nitrogen and oxygen atoms in total. The number of hydrogen-bond donors (Lipinski definition) is 6. The Morgan fingerprint density at radius 2 is 1.66 bits per heavy atom. The highest BCUT2D eigenvalue weighted by atomic mass is 32.2. The third kappa shape index (κ3) is 9.02. The van der Waals surface area contributed by atoms with Gasteiger partial charge in [-0.05, 0) is 24.8 Å². The van der Waals surface area contributed by atoms with Crippen LogP contribution >= 0.6 is 0 Å². The van der Waals surface area contributed by atoms with Crippen molar-refractivity contribution in [2.45, 2.75) is 52.2 Å². The minimum atomic E-state index is -3.66. The second-order valence-corrected chi connectivity index (χ2v) is 9.68. The molecule has 2 atom stereocenters. The molecular formula is C20H32N6O5S. The van der Waals surface area contributed by atoms with Crippen LogP contribution in [0.1, 0.15) is 44.7 Å². The van der Waals surface area contributed by atoms with E-state index in [9.17, 15) is 22.8 Å². The van der Waals surface area contributed by atoms with Crippen molar-refractivity contribution in [1.29, 1.82) is 5.41 Å². The molecule has 1 aromatic rings. The maximum Gasteiger partial charge on any atom is 0.242 e. The molecule has 0 fully saturated rings. The minimum absolute atomic E-state index is 0.0402. The molecule has 8 N–H and O–H groups in total. The Morgan fingerprint density at radius 3 is 2.12 bits per heavy atom. The summed E-state index contributed by atoms with van der Waals surface area (Å²) in [5.41, 5.74) is 11.9. The van der Waals surface area contributed by atoms with Gasteiger partial charge in [-0.2, -0.15) is 0 Å². The molecule has 0 unspecified atom stereocenters. The molecule has 1 aromatic carbocycles. The van der Waals surface area contributed by atoms with Crippen molar-refractivity contribution < 1.29 is 22.8 Å². The first-order chi connectivity index (χ1) is 14.9. The number of hydrogen-bond acceptors (Lipinski definition) is 6. The number of carbonyl (C=O) groups excluding carboxylic acids is 3. The van der Waals surface area contributed by atoms with E-state index in [2.05, 4.69) is 15.4 Å². The number of amidine groups is 1. The average Bonchev–Trinajstić information content (AvgIpc) is 2.73. The maximum absolute atomic E-state index is 12.7. The second kappa shape index (κ2) is 12.2. The fraction of sp³-hybridized carbons (Fsp3) is 0.500. The van der Waals surface area contributed by atoms with Crippen LogP contribution in [-0.4, -0.2) is 49.8 Å². The van der Waals surface area contributed by atoms with Crippen molar-refractivity contribution in [3.8, 4) is 0 Å². The lowest BCUT2D eigenvalue weighted by atomic mass is 10.0. The van der Waals surface area contributed by atoms with Gasteiger partial charge in [-0.1, -0.05) is 38.1 Å². The molecule has 178 valence electrons. The Labute approximate surface area is 188 Å². The summed E-state index contributed by atoms with van der Waals surface area (Å²) in [6, 6.07) is 4.51. The summed E-state index contributed by atoms with van der Waals surface area (Å²) in [5, 5.41) is 12.6. The van der Waals surface area contributed by atoms with Crippen molar-refractivity contribution in [1.82, 2.24) is 15.4 Å². The molecule has 0 aliphatic heterocycles. The number of benzene rings is 1. The fourth-order valence-corrected chi connectivity index (χ4v) is 3.63. The predicted octanol–water partition coefficient (Wildman–Crippen LogP) is -0.699. The van der Waals surface area contributed by atoms with Gasteiger partial charge >= 0.3 is 0 Å². The van der Waals surface area contributed by atoms with Crippen LogP contribution < -0.4 is 26.8 Å². The van der Waals surface area contributed by atoms with Gasteiger partial charge in [0.25, 0.3) is 0 Å². The molecule has 0 spiro atoms. The summed E-state index contributed by atoms with van der Waals surface area (Å²) < 4.78 is 26.2. The monoisotopic (exact) mass is 468 g/mol. The van der Waals surface area contributed by atoms with Crippen LogP contribution in [0.5, 0.6) is 0 Å². The third-order valence-electron chi connectivity index (χ3n) is 4.68. The molecule has 0 aliphatic rings. The molecule has 3 amide bonds. The van der Waals surface area contributed by atoms with E-state index in [1.54, 1.807) is 38.1 Å². The number of carbonyl (C=O) groups is 3. The van der Waals surface area contributed by atoms with Gasteiger partial charge in [0.05, 0.1) is 5.75 Å². The number of amides is 3. The van der Waals surface area contributed by atoms with E-state index < -0.39 is 39.8 Å². The van der Waals surface area contributed by atoms with E-state index in [1.165, 1.54) is 6.92 Å². The summed E-state index contributed by atoms with van der Waals surface area (Å²) in [6.07, 6.45) is -0.180. The highest BCUT2D eigenvalue weighted by molar-refractivity contribution is 7.89. The van der Waals surface area contributed by atoms with Gasteiger partial charge in [-0.25, -0.2) is 13.1 Å². The van der Waals surface area contributed by atoms with Gasteiger partial charge in [-0.3, -0.25) is 19.8 Å². The zero-order valence-electron chi connectivity index (χ0n) is 18.5. The number of nitrogen functional groups attached to an aromatic ring is 1. The minimum Gasteiger partial charge on any atom is -0.384 e.